The number of para-hydroxylation sites is 1. The van der Waals surface area contributed by atoms with Crippen molar-refractivity contribution in [3.05, 3.63) is 29.8 Å². The van der Waals surface area contributed by atoms with E-state index in [4.69, 9.17) is 0 Å². The molecule has 2 nitrogen and oxygen atoms in total. The minimum atomic E-state index is -4.31. The molecule has 0 radical (unpaired) electrons. The Labute approximate surface area is 117 Å². The first-order valence-corrected chi connectivity index (χ1v) is 7.13. The molecule has 0 bridgehead atoms. The van der Waals surface area contributed by atoms with Crippen LogP contribution in [0.15, 0.2) is 24.3 Å². The van der Waals surface area contributed by atoms with Crippen molar-refractivity contribution in [1.29, 1.82) is 0 Å². The maximum absolute atomic E-state index is 12.9. The third-order valence-electron chi connectivity index (χ3n) is 3.68. The van der Waals surface area contributed by atoms with Gasteiger partial charge in [-0.05, 0) is 44.9 Å². The zero-order valence-electron chi connectivity index (χ0n) is 11.6. The van der Waals surface area contributed by atoms with Crippen LogP contribution in [-0.2, 0) is 6.18 Å². The lowest BCUT2D eigenvalue weighted by Gasteiger charge is -2.27. The molecule has 1 heterocycles. The molecular formula is C15H21F3N2. The first-order chi connectivity index (χ1) is 9.47. The van der Waals surface area contributed by atoms with Crippen molar-refractivity contribution in [3.8, 4) is 0 Å². The number of piperidine rings is 1. The van der Waals surface area contributed by atoms with Gasteiger partial charge in [0.2, 0.25) is 0 Å². The van der Waals surface area contributed by atoms with Crippen molar-refractivity contribution >= 4 is 5.69 Å². The number of halogens is 3. The van der Waals surface area contributed by atoms with Gasteiger partial charge in [0, 0.05) is 17.8 Å². The van der Waals surface area contributed by atoms with Gasteiger partial charge in [0.25, 0.3) is 0 Å². The fourth-order valence-corrected chi connectivity index (χ4v) is 2.73. The number of hydrogen-bond acceptors (Lipinski definition) is 2. The summed E-state index contributed by atoms with van der Waals surface area (Å²) in [5.41, 5.74) is -0.424. The molecule has 20 heavy (non-hydrogen) atoms. The van der Waals surface area contributed by atoms with E-state index >= 15 is 0 Å². The molecule has 112 valence electrons. The van der Waals surface area contributed by atoms with Gasteiger partial charge in [-0.3, -0.25) is 0 Å². The Morgan fingerprint density at radius 2 is 2.05 bits per heavy atom. The van der Waals surface area contributed by atoms with E-state index < -0.39 is 11.7 Å². The molecule has 1 aliphatic rings. The van der Waals surface area contributed by atoms with Crippen LogP contribution in [0.25, 0.3) is 0 Å². The maximum atomic E-state index is 12.9. The molecule has 5 heteroatoms. The average molecular weight is 286 g/mol. The van der Waals surface area contributed by atoms with E-state index in [0.717, 1.165) is 25.5 Å². The number of alkyl halides is 3. The van der Waals surface area contributed by atoms with Crippen molar-refractivity contribution in [3.63, 3.8) is 0 Å². The second kappa shape index (κ2) is 6.48. The molecule has 0 spiro atoms. The van der Waals surface area contributed by atoms with Crippen LogP contribution in [0.2, 0.25) is 0 Å². The molecule has 2 rings (SSSR count). The highest BCUT2D eigenvalue weighted by Gasteiger charge is 2.33. The van der Waals surface area contributed by atoms with Gasteiger partial charge in [-0.2, -0.15) is 13.2 Å². The highest BCUT2D eigenvalue weighted by Crippen LogP contribution is 2.35. The zero-order chi connectivity index (χ0) is 14.6. The minimum absolute atomic E-state index is 0.00843. The Morgan fingerprint density at radius 3 is 2.70 bits per heavy atom. The molecule has 0 aromatic heterocycles. The number of rotatable bonds is 4. The molecule has 1 aliphatic heterocycles. The molecular weight excluding hydrogens is 265 g/mol. The topological polar surface area (TPSA) is 24.1 Å². The molecule has 1 aromatic rings. The first-order valence-electron chi connectivity index (χ1n) is 7.13. The first kappa shape index (κ1) is 15.2. The summed E-state index contributed by atoms with van der Waals surface area (Å²) in [4.78, 5) is 0. The summed E-state index contributed by atoms with van der Waals surface area (Å²) in [6.07, 6.45) is 0.0181. The van der Waals surface area contributed by atoms with Crippen molar-refractivity contribution < 1.29 is 13.2 Å². The lowest BCUT2D eigenvalue weighted by atomic mass is 9.98. The van der Waals surface area contributed by atoms with Crippen LogP contribution in [0.5, 0.6) is 0 Å². The van der Waals surface area contributed by atoms with Gasteiger partial charge in [-0.1, -0.05) is 18.6 Å². The fourth-order valence-electron chi connectivity index (χ4n) is 2.73. The van der Waals surface area contributed by atoms with Gasteiger partial charge in [0.05, 0.1) is 5.56 Å². The van der Waals surface area contributed by atoms with Gasteiger partial charge < -0.3 is 10.6 Å². The van der Waals surface area contributed by atoms with E-state index in [-0.39, 0.29) is 11.7 Å². The lowest BCUT2D eigenvalue weighted by Crippen LogP contribution is -2.37. The van der Waals surface area contributed by atoms with Crippen LogP contribution in [0.4, 0.5) is 18.9 Å². The Kier molecular flexibility index (Phi) is 4.91. The average Bonchev–Trinajstić information content (AvgIpc) is 2.39. The third kappa shape index (κ3) is 4.13. The van der Waals surface area contributed by atoms with Crippen LogP contribution < -0.4 is 10.6 Å². The molecule has 0 amide bonds. The van der Waals surface area contributed by atoms with E-state index in [1.165, 1.54) is 25.0 Å². The van der Waals surface area contributed by atoms with Crippen LogP contribution in [0.1, 0.15) is 38.2 Å². The van der Waals surface area contributed by atoms with Crippen LogP contribution in [0.3, 0.4) is 0 Å². The SMILES string of the molecule is CC(CC1CCCCN1)Nc1ccccc1C(F)(F)F. The predicted octanol–water partition coefficient (Wildman–Crippen LogP) is 4.04. The molecule has 2 N–H and O–H groups in total. The summed E-state index contributed by atoms with van der Waals surface area (Å²) in [5, 5.41) is 6.42. The smallest absolute Gasteiger partial charge is 0.382 e. The summed E-state index contributed by atoms with van der Waals surface area (Å²) < 4.78 is 38.7. The summed E-state index contributed by atoms with van der Waals surface area (Å²) in [6.45, 7) is 2.94. The van der Waals surface area contributed by atoms with Crippen molar-refractivity contribution in [2.45, 2.75) is 50.9 Å². The van der Waals surface area contributed by atoms with E-state index in [2.05, 4.69) is 10.6 Å². The summed E-state index contributed by atoms with van der Waals surface area (Å²) >= 11 is 0. The second-order valence-electron chi connectivity index (χ2n) is 5.47. The lowest BCUT2D eigenvalue weighted by molar-refractivity contribution is -0.137. The molecule has 1 saturated heterocycles. The van der Waals surface area contributed by atoms with Gasteiger partial charge in [0.15, 0.2) is 0 Å². The molecule has 2 atom stereocenters. The standard InChI is InChI=1S/C15H21F3N2/c1-11(10-12-6-4-5-9-19-12)20-14-8-3-2-7-13(14)15(16,17)18/h2-3,7-8,11-12,19-20H,4-6,9-10H2,1H3. The third-order valence-corrected chi connectivity index (χ3v) is 3.68. The minimum Gasteiger partial charge on any atom is -0.382 e. The Balaban J connectivity index is 1.98. The maximum Gasteiger partial charge on any atom is 0.418 e. The summed E-state index contributed by atoms with van der Waals surface area (Å²) in [6, 6.07) is 6.07. The number of nitrogens with one attached hydrogen (secondary N) is 2. The fraction of sp³-hybridized carbons (Fsp3) is 0.600. The second-order valence-corrected chi connectivity index (χ2v) is 5.47. The quantitative estimate of drug-likeness (QED) is 0.873. The summed E-state index contributed by atoms with van der Waals surface area (Å²) in [7, 11) is 0. The Hall–Kier alpha value is -1.23. The Bertz CT molecular complexity index is 425. The van der Waals surface area contributed by atoms with E-state index in [0.29, 0.717) is 6.04 Å². The van der Waals surface area contributed by atoms with Gasteiger partial charge in [-0.15, -0.1) is 0 Å². The van der Waals surface area contributed by atoms with Gasteiger partial charge in [0.1, 0.15) is 0 Å². The van der Waals surface area contributed by atoms with Crippen molar-refractivity contribution in [1.82, 2.24) is 5.32 Å². The van der Waals surface area contributed by atoms with Crippen LogP contribution in [0, 0.1) is 0 Å². The van der Waals surface area contributed by atoms with Crippen molar-refractivity contribution in [2.75, 3.05) is 11.9 Å². The van der Waals surface area contributed by atoms with Gasteiger partial charge >= 0.3 is 6.18 Å². The molecule has 1 fully saturated rings. The van der Waals surface area contributed by atoms with E-state index in [1.54, 1.807) is 6.07 Å². The summed E-state index contributed by atoms with van der Waals surface area (Å²) in [5.74, 6) is 0. The normalized spacial score (nSPS) is 21.5. The molecule has 1 aromatic carbocycles. The number of benzene rings is 1. The zero-order valence-corrected chi connectivity index (χ0v) is 11.6. The monoisotopic (exact) mass is 286 g/mol. The predicted molar refractivity (Wildman–Crippen MR) is 74.8 cm³/mol. The number of anilines is 1. The van der Waals surface area contributed by atoms with Crippen LogP contribution >= 0.6 is 0 Å². The van der Waals surface area contributed by atoms with Gasteiger partial charge in [-0.25, -0.2) is 0 Å². The van der Waals surface area contributed by atoms with E-state index in [1.807, 2.05) is 6.92 Å². The number of hydrogen-bond donors (Lipinski definition) is 2. The molecule has 0 aliphatic carbocycles. The molecule has 2 unspecified atom stereocenters. The van der Waals surface area contributed by atoms with Crippen molar-refractivity contribution in [2.24, 2.45) is 0 Å². The highest BCUT2D eigenvalue weighted by atomic mass is 19.4. The Morgan fingerprint density at radius 1 is 1.30 bits per heavy atom. The van der Waals surface area contributed by atoms with Crippen LogP contribution in [-0.4, -0.2) is 18.6 Å². The largest absolute Gasteiger partial charge is 0.418 e. The van der Waals surface area contributed by atoms with E-state index in [9.17, 15) is 13.2 Å². The molecule has 0 saturated carbocycles. The highest BCUT2D eigenvalue weighted by molar-refractivity contribution is 5.53.